The number of aryl methyl sites for hydroxylation is 2. The number of imidazole rings is 1. The summed E-state index contributed by atoms with van der Waals surface area (Å²) in [5.41, 5.74) is 13.0. The van der Waals surface area contributed by atoms with Crippen LogP contribution in [0.15, 0.2) is 83.7 Å². The second kappa shape index (κ2) is 10.6. The minimum Gasteiger partial charge on any atom is -0.454 e. The number of furan rings is 1. The van der Waals surface area contributed by atoms with Crippen LogP contribution in [-0.4, -0.2) is 9.55 Å². The van der Waals surface area contributed by atoms with E-state index in [-0.39, 0.29) is 5.41 Å². The Bertz CT molecular complexity index is 1910. The summed E-state index contributed by atoms with van der Waals surface area (Å²) in [6.45, 7) is 20.4. The molecule has 6 rings (SSSR count). The molecule has 0 saturated heterocycles. The van der Waals surface area contributed by atoms with Crippen molar-refractivity contribution in [3.05, 3.63) is 102 Å². The van der Waals surface area contributed by atoms with Crippen LogP contribution in [-0.2, 0) is 0 Å². The first kappa shape index (κ1) is 28.0. The molecule has 2 aromatic carbocycles. The van der Waals surface area contributed by atoms with Gasteiger partial charge >= 0.3 is 0 Å². The fourth-order valence-corrected chi connectivity index (χ4v) is 7.11. The van der Waals surface area contributed by atoms with Gasteiger partial charge in [-0.1, -0.05) is 58.6 Å². The van der Waals surface area contributed by atoms with Gasteiger partial charge in [-0.3, -0.25) is 4.98 Å². The van der Waals surface area contributed by atoms with Crippen molar-refractivity contribution in [3.8, 4) is 16.8 Å². The highest BCUT2D eigenvalue weighted by Gasteiger charge is 2.36. The van der Waals surface area contributed by atoms with Gasteiger partial charge in [-0.2, -0.15) is 4.57 Å². The molecule has 4 nitrogen and oxygen atoms in total. The number of benzene rings is 2. The Morgan fingerprint density at radius 1 is 1.10 bits per heavy atom. The highest BCUT2D eigenvalue weighted by Crippen LogP contribution is 2.46. The molecular formula is C38H42N3O+. The molecule has 42 heavy (non-hydrogen) atoms. The van der Waals surface area contributed by atoms with Gasteiger partial charge in [0.2, 0.25) is 0 Å². The van der Waals surface area contributed by atoms with E-state index >= 15 is 0 Å². The van der Waals surface area contributed by atoms with E-state index in [1.54, 1.807) is 0 Å². The lowest BCUT2D eigenvalue weighted by Gasteiger charge is -2.34. The predicted octanol–water partition coefficient (Wildman–Crippen LogP) is 9.93. The maximum atomic E-state index is 6.09. The summed E-state index contributed by atoms with van der Waals surface area (Å²) >= 11 is 0. The number of hydrogen-bond acceptors (Lipinski definition) is 2. The van der Waals surface area contributed by atoms with Crippen LogP contribution in [0.1, 0.15) is 69.5 Å². The second-order valence-corrected chi connectivity index (χ2v) is 12.2. The summed E-state index contributed by atoms with van der Waals surface area (Å²) in [4.78, 5) is 4.63. The van der Waals surface area contributed by atoms with E-state index in [9.17, 15) is 0 Å². The number of nitrogens with zero attached hydrogens (tertiary/aromatic N) is 3. The van der Waals surface area contributed by atoms with E-state index in [0.717, 1.165) is 41.3 Å². The van der Waals surface area contributed by atoms with Crippen molar-refractivity contribution >= 4 is 33.8 Å². The quantitative estimate of drug-likeness (QED) is 0.187. The van der Waals surface area contributed by atoms with Gasteiger partial charge in [-0.05, 0) is 103 Å². The van der Waals surface area contributed by atoms with Gasteiger partial charge < -0.3 is 4.42 Å². The van der Waals surface area contributed by atoms with Gasteiger partial charge in [0.25, 0.3) is 5.82 Å². The van der Waals surface area contributed by atoms with Gasteiger partial charge in [-0.25, -0.2) is 4.57 Å². The SMILES string of the molecule is C=C[n+]1ccn(-c2c(C)cc(C)c(-c3ccc4oc5cccnc5c4c3)c2C)c1C1=C(C(C)(CC)CC)C=CCC1C. The van der Waals surface area contributed by atoms with Crippen molar-refractivity contribution in [2.75, 3.05) is 0 Å². The Labute approximate surface area is 249 Å². The lowest BCUT2D eigenvalue weighted by Crippen LogP contribution is -2.33. The van der Waals surface area contributed by atoms with Crippen LogP contribution in [0.25, 0.3) is 50.7 Å². The summed E-state index contributed by atoms with van der Waals surface area (Å²) in [5, 5.41) is 1.05. The molecule has 5 aromatic rings. The third-order valence-corrected chi connectivity index (χ3v) is 9.74. The first-order chi connectivity index (χ1) is 20.2. The molecule has 1 aliphatic rings. The van der Waals surface area contributed by atoms with Gasteiger partial charge in [0, 0.05) is 22.7 Å². The lowest BCUT2D eigenvalue weighted by atomic mass is 9.71. The van der Waals surface area contributed by atoms with Crippen molar-refractivity contribution in [2.24, 2.45) is 11.3 Å². The number of hydrogen-bond donors (Lipinski definition) is 0. The first-order valence-electron chi connectivity index (χ1n) is 15.3. The molecule has 3 aromatic heterocycles. The zero-order valence-corrected chi connectivity index (χ0v) is 26.1. The summed E-state index contributed by atoms with van der Waals surface area (Å²) in [5.74, 6) is 1.60. The van der Waals surface area contributed by atoms with Crippen LogP contribution >= 0.6 is 0 Å². The van der Waals surface area contributed by atoms with Crippen molar-refractivity contribution < 1.29 is 8.98 Å². The summed E-state index contributed by atoms with van der Waals surface area (Å²) in [7, 11) is 0. The maximum Gasteiger partial charge on any atom is 0.295 e. The van der Waals surface area contributed by atoms with Crippen LogP contribution < -0.4 is 4.57 Å². The Hall–Kier alpha value is -4.18. The zero-order chi connectivity index (χ0) is 29.8. The summed E-state index contributed by atoms with van der Waals surface area (Å²) in [6.07, 6.45) is 16.1. The third kappa shape index (κ3) is 4.27. The number of allylic oxidation sites excluding steroid dienone is 4. The van der Waals surface area contributed by atoms with E-state index in [2.05, 4.69) is 118 Å². The molecule has 1 unspecified atom stereocenters. The lowest BCUT2D eigenvalue weighted by molar-refractivity contribution is -0.570. The maximum absolute atomic E-state index is 6.09. The molecule has 0 saturated carbocycles. The molecule has 0 N–H and O–H groups in total. The molecule has 0 aliphatic heterocycles. The number of aromatic nitrogens is 3. The summed E-state index contributed by atoms with van der Waals surface area (Å²) < 4.78 is 10.7. The van der Waals surface area contributed by atoms with Crippen LogP contribution in [0.2, 0.25) is 0 Å². The first-order valence-corrected chi connectivity index (χ1v) is 15.3. The monoisotopic (exact) mass is 556 g/mol. The smallest absolute Gasteiger partial charge is 0.295 e. The van der Waals surface area contributed by atoms with Crippen LogP contribution in [0, 0.1) is 32.1 Å². The fraction of sp³-hybridized carbons (Fsp3) is 0.316. The molecule has 0 bridgehead atoms. The van der Waals surface area contributed by atoms with E-state index in [0.29, 0.717) is 5.92 Å². The minimum atomic E-state index is 0.105. The number of pyridine rings is 1. The zero-order valence-electron chi connectivity index (χ0n) is 26.1. The largest absolute Gasteiger partial charge is 0.454 e. The molecule has 214 valence electrons. The van der Waals surface area contributed by atoms with Gasteiger partial charge in [0.05, 0.1) is 6.20 Å². The molecular weight excluding hydrogens is 514 g/mol. The molecule has 0 radical (unpaired) electrons. The summed E-state index contributed by atoms with van der Waals surface area (Å²) in [6, 6.07) is 12.7. The standard InChI is InChI=1S/C38H42N3O/c1-9-38(8,10-2)30-15-12-14-24(4)34(30)37-40(11-3)20-21-41(37)36-26(6)22-25(5)33(27(36)7)28-17-18-31-29(23-28)35-32(42-31)16-13-19-39-35/h11-13,15-24H,3,9-10,14H2,1-2,4-8H3/q+1. The average Bonchev–Trinajstić information content (AvgIpc) is 3.57. The number of rotatable bonds is 7. The van der Waals surface area contributed by atoms with Crippen LogP contribution in [0.4, 0.5) is 0 Å². The second-order valence-electron chi connectivity index (χ2n) is 12.2. The molecule has 1 aliphatic carbocycles. The molecule has 0 spiro atoms. The van der Waals surface area contributed by atoms with Crippen molar-refractivity contribution in [2.45, 2.75) is 67.7 Å². The minimum absolute atomic E-state index is 0.105. The van der Waals surface area contributed by atoms with Gasteiger partial charge in [0.1, 0.15) is 29.2 Å². The topological polar surface area (TPSA) is 34.8 Å². The molecule has 4 heteroatoms. The Morgan fingerprint density at radius 3 is 2.62 bits per heavy atom. The van der Waals surface area contributed by atoms with Crippen molar-refractivity contribution in [1.29, 1.82) is 0 Å². The van der Waals surface area contributed by atoms with Gasteiger partial charge in [0.15, 0.2) is 5.58 Å². The van der Waals surface area contributed by atoms with E-state index < -0.39 is 0 Å². The average molecular weight is 557 g/mol. The van der Waals surface area contributed by atoms with E-state index in [1.165, 1.54) is 50.5 Å². The van der Waals surface area contributed by atoms with E-state index in [1.807, 2.05) is 24.5 Å². The van der Waals surface area contributed by atoms with E-state index in [4.69, 9.17) is 4.42 Å². The van der Waals surface area contributed by atoms with Crippen LogP contribution in [0.3, 0.4) is 0 Å². The van der Waals surface area contributed by atoms with Gasteiger partial charge in [-0.15, -0.1) is 0 Å². The highest BCUT2D eigenvalue weighted by molar-refractivity contribution is 6.04. The molecule has 0 fully saturated rings. The fourth-order valence-electron chi connectivity index (χ4n) is 7.11. The Balaban J connectivity index is 1.62. The normalized spacial score (nSPS) is 15.7. The van der Waals surface area contributed by atoms with Crippen molar-refractivity contribution in [1.82, 2.24) is 9.55 Å². The Morgan fingerprint density at radius 2 is 1.88 bits per heavy atom. The van der Waals surface area contributed by atoms with Crippen molar-refractivity contribution in [3.63, 3.8) is 0 Å². The predicted molar refractivity (Wildman–Crippen MR) is 176 cm³/mol. The molecule has 1 atom stereocenters. The molecule has 0 amide bonds. The molecule has 3 heterocycles. The highest BCUT2D eigenvalue weighted by atomic mass is 16.3. The number of fused-ring (bicyclic) bond motifs is 3. The van der Waals surface area contributed by atoms with Crippen LogP contribution in [0.5, 0.6) is 0 Å². The Kier molecular flexibility index (Phi) is 7.04. The third-order valence-electron chi connectivity index (χ3n) is 9.74.